The van der Waals surface area contributed by atoms with Gasteiger partial charge >= 0.3 is 0 Å². The lowest BCUT2D eigenvalue weighted by Crippen LogP contribution is -2.21. The van der Waals surface area contributed by atoms with Crippen LogP contribution in [0.1, 0.15) is 27.0 Å². The van der Waals surface area contributed by atoms with E-state index in [0.29, 0.717) is 17.1 Å². The lowest BCUT2D eigenvalue weighted by molar-refractivity contribution is 0.318. The third-order valence-corrected chi connectivity index (χ3v) is 4.53. The minimum Gasteiger partial charge on any atom is -0.322 e. The molecule has 3 nitrogen and oxygen atoms in total. The molecule has 0 radical (unpaired) electrons. The number of nitrogens with zero attached hydrogens (tertiary/aromatic N) is 3. The average molecular weight is 328 g/mol. The predicted octanol–water partition coefficient (Wildman–Crippen LogP) is 4.33. The van der Waals surface area contributed by atoms with Gasteiger partial charge in [-0.15, -0.1) is 0 Å². The van der Waals surface area contributed by atoms with Crippen LogP contribution < -0.4 is 0 Å². The highest BCUT2D eigenvalue weighted by atomic mass is 35.5. The van der Waals surface area contributed by atoms with Crippen molar-refractivity contribution in [3.8, 4) is 0 Å². The topological polar surface area (TPSA) is 21.1 Å². The fourth-order valence-electron chi connectivity index (χ4n) is 3.10. The lowest BCUT2D eigenvalue weighted by Gasteiger charge is -2.16. The Balaban J connectivity index is 1.84. The Hall–Kier alpha value is -1.84. The van der Waals surface area contributed by atoms with Crippen molar-refractivity contribution >= 4 is 22.6 Å². The first-order valence-corrected chi connectivity index (χ1v) is 8.39. The summed E-state index contributed by atoms with van der Waals surface area (Å²) >= 11 is 5.98. The molecule has 1 fully saturated rings. The zero-order chi connectivity index (χ0) is 17.4. The molecule has 0 bridgehead atoms. The highest BCUT2D eigenvalue weighted by Gasteiger charge is 2.17. The van der Waals surface area contributed by atoms with Crippen molar-refractivity contribution in [3.63, 3.8) is 0 Å². The van der Waals surface area contributed by atoms with E-state index >= 15 is 0 Å². The summed E-state index contributed by atoms with van der Waals surface area (Å²) in [4.78, 5) is 7.08. The van der Waals surface area contributed by atoms with Gasteiger partial charge in [0.2, 0.25) is 0 Å². The highest BCUT2D eigenvalue weighted by molar-refractivity contribution is 6.30. The third-order valence-electron chi connectivity index (χ3n) is 4.28. The minimum atomic E-state index is -1.70. The molecule has 4 heteroatoms. The van der Waals surface area contributed by atoms with Crippen LogP contribution in [-0.2, 0) is 13.0 Å². The van der Waals surface area contributed by atoms with Crippen molar-refractivity contribution in [2.75, 3.05) is 13.1 Å². The molecule has 1 aliphatic rings. The maximum atomic E-state index is 8.82. The van der Waals surface area contributed by atoms with Gasteiger partial charge < -0.3 is 4.57 Å². The molecule has 0 saturated carbocycles. The van der Waals surface area contributed by atoms with Crippen LogP contribution in [-0.4, -0.2) is 27.5 Å². The SMILES string of the molecule is [2H]C([2H])(c1ccc(Cl)cc1)n1c(CN2CCCC2)nc2ccccc21. The Kier molecular flexibility index (Phi) is 3.47. The molecule has 0 N–H and O–H groups in total. The highest BCUT2D eigenvalue weighted by Crippen LogP contribution is 2.21. The largest absolute Gasteiger partial charge is 0.322 e. The van der Waals surface area contributed by atoms with Gasteiger partial charge in [0.1, 0.15) is 5.82 Å². The molecular formula is C19H20ClN3. The molecule has 1 aliphatic heterocycles. The van der Waals surface area contributed by atoms with Gasteiger partial charge in [0.05, 0.1) is 20.3 Å². The van der Waals surface area contributed by atoms with E-state index < -0.39 is 6.50 Å². The van der Waals surface area contributed by atoms with Crippen molar-refractivity contribution in [3.05, 3.63) is 64.9 Å². The first kappa shape index (κ1) is 12.6. The Morgan fingerprint density at radius 2 is 1.78 bits per heavy atom. The summed E-state index contributed by atoms with van der Waals surface area (Å²) in [5.41, 5.74) is 2.22. The fourth-order valence-corrected chi connectivity index (χ4v) is 3.23. The number of likely N-dealkylation sites (tertiary alicyclic amines) is 1. The number of hydrogen-bond donors (Lipinski definition) is 0. The number of hydrogen-bond acceptors (Lipinski definition) is 2. The maximum absolute atomic E-state index is 8.82. The Bertz CT molecular complexity index is 883. The second-order valence-electron chi connectivity index (χ2n) is 5.95. The average Bonchev–Trinajstić information content (AvgIpc) is 3.22. The van der Waals surface area contributed by atoms with E-state index in [1.165, 1.54) is 12.8 Å². The quantitative estimate of drug-likeness (QED) is 0.711. The molecule has 2 heterocycles. The number of aromatic nitrogens is 2. The van der Waals surface area contributed by atoms with Crippen LogP contribution in [0.5, 0.6) is 0 Å². The van der Waals surface area contributed by atoms with Crippen molar-refractivity contribution in [2.24, 2.45) is 0 Å². The van der Waals surface area contributed by atoms with Gasteiger partial charge in [-0.25, -0.2) is 4.98 Å². The standard InChI is InChI=1S/C19H20ClN3/c20-16-9-7-15(8-10-16)13-23-18-6-2-1-5-17(18)21-19(23)14-22-11-3-4-12-22/h1-2,5-10H,3-4,11-14H2/i13D2. The number of benzene rings is 2. The van der Waals surface area contributed by atoms with Gasteiger partial charge in [0.15, 0.2) is 0 Å². The summed E-state index contributed by atoms with van der Waals surface area (Å²) in [5, 5.41) is 0.604. The number of halogens is 1. The molecule has 0 atom stereocenters. The normalized spacial score (nSPS) is 17.4. The zero-order valence-corrected chi connectivity index (χ0v) is 13.6. The van der Waals surface area contributed by atoms with Crippen molar-refractivity contribution in [1.82, 2.24) is 14.5 Å². The van der Waals surface area contributed by atoms with Crippen LogP contribution in [0.15, 0.2) is 48.5 Å². The molecule has 23 heavy (non-hydrogen) atoms. The summed E-state index contributed by atoms with van der Waals surface area (Å²) in [5.74, 6) is 0.767. The van der Waals surface area contributed by atoms with Crippen LogP contribution in [0.4, 0.5) is 0 Å². The molecule has 4 rings (SSSR count). The van der Waals surface area contributed by atoms with Crippen LogP contribution >= 0.6 is 11.6 Å². The summed E-state index contributed by atoms with van der Waals surface area (Å²) < 4.78 is 19.4. The summed E-state index contributed by atoms with van der Waals surface area (Å²) in [6, 6.07) is 14.7. The zero-order valence-electron chi connectivity index (χ0n) is 14.9. The van der Waals surface area contributed by atoms with Gasteiger partial charge in [-0.3, -0.25) is 4.90 Å². The van der Waals surface area contributed by atoms with E-state index in [1.54, 1.807) is 28.8 Å². The number of rotatable bonds is 4. The Morgan fingerprint density at radius 3 is 2.57 bits per heavy atom. The number of para-hydroxylation sites is 2. The van der Waals surface area contributed by atoms with Crippen LogP contribution in [0.3, 0.4) is 0 Å². The Morgan fingerprint density at radius 1 is 1.04 bits per heavy atom. The number of imidazole rings is 1. The van der Waals surface area contributed by atoms with E-state index in [9.17, 15) is 0 Å². The maximum Gasteiger partial charge on any atom is 0.124 e. The second-order valence-corrected chi connectivity index (χ2v) is 6.39. The van der Waals surface area contributed by atoms with Crippen molar-refractivity contribution < 1.29 is 2.74 Å². The molecule has 3 aromatic rings. The Labute approximate surface area is 144 Å². The molecule has 0 unspecified atom stereocenters. The minimum absolute atomic E-state index is 0.572. The van der Waals surface area contributed by atoms with Crippen LogP contribution in [0.25, 0.3) is 11.0 Å². The number of fused-ring (bicyclic) bond motifs is 1. The van der Waals surface area contributed by atoms with Gasteiger partial charge in [-0.2, -0.15) is 0 Å². The molecule has 2 aromatic carbocycles. The van der Waals surface area contributed by atoms with Crippen LogP contribution in [0.2, 0.25) is 5.02 Å². The molecule has 118 valence electrons. The third kappa shape index (κ3) is 3.12. The summed E-state index contributed by atoms with van der Waals surface area (Å²) in [6.45, 7) is 1.07. The van der Waals surface area contributed by atoms with Crippen molar-refractivity contribution in [2.45, 2.75) is 25.9 Å². The van der Waals surface area contributed by atoms with Gasteiger partial charge in [0, 0.05) is 11.5 Å². The van der Waals surface area contributed by atoms with Gasteiger partial charge in [-0.05, 0) is 55.8 Å². The molecular weight excluding hydrogens is 306 g/mol. The first-order chi connectivity index (χ1) is 12.1. The monoisotopic (exact) mass is 327 g/mol. The molecule has 0 aliphatic carbocycles. The van der Waals surface area contributed by atoms with E-state index in [-0.39, 0.29) is 0 Å². The van der Waals surface area contributed by atoms with E-state index in [2.05, 4.69) is 4.90 Å². The lowest BCUT2D eigenvalue weighted by atomic mass is 10.2. The molecule has 0 spiro atoms. The van der Waals surface area contributed by atoms with E-state index in [0.717, 1.165) is 29.9 Å². The summed E-state index contributed by atoms with van der Waals surface area (Å²) in [6.07, 6.45) is 2.40. The molecule has 1 saturated heterocycles. The molecule has 0 amide bonds. The first-order valence-electron chi connectivity index (χ1n) is 9.01. The van der Waals surface area contributed by atoms with Crippen molar-refractivity contribution in [1.29, 1.82) is 0 Å². The molecule has 1 aromatic heterocycles. The fraction of sp³-hybridized carbons (Fsp3) is 0.316. The van der Waals surface area contributed by atoms with Crippen LogP contribution in [0, 0.1) is 0 Å². The predicted molar refractivity (Wildman–Crippen MR) is 94.8 cm³/mol. The smallest absolute Gasteiger partial charge is 0.124 e. The van der Waals surface area contributed by atoms with E-state index in [4.69, 9.17) is 19.3 Å². The second kappa shape index (κ2) is 6.34. The summed E-state index contributed by atoms with van der Waals surface area (Å²) in [7, 11) is 0. The van der Waals surface area contributed by atoms with E-state index in [1.807, 2.05) is 24.3 Å². The van der Waals surface area contributed by atoms with Gasteiger partial charge in [0.25, 0.3) is 0 Å². The van der Waals surface area contributed by atoms with Gasteiger partial charge in [-0.1, -0.05) is 35.9 Å².